The molecule has 0 aliphatic carbocycles. The second-order valence-electron chi connectivity index (χ2n) is 9.50. The summed E-state index contributed by atoms with van der Waals surface area (Å²) in [7, 11) is 3.27. The molecule has 0 radical (unpaired) electrons. The van der Waals surface area contributed by atoms with Crippen molar-refractivity contribution in [2.24, 2.45) is 5.92 Å². The molecule has 1 atom stereocenters. The van der Waals surface area contributed by atoms with Crippen molar-refractivity contribution in [2.75, 3.05) is 27.3 Å². The first-order valence-corrected chi connectivity index (χ1v) is 12.4. The summed E-state index contributed by atoms with van der Waals surface area (Å²) in [5, 5.41) is 9.50. The van der Waals surface area contributed by atoms with Crippen molar-refractivity contribution in [1.29, 1.82) is 0 Å². The standard InChI is InChI=1S/C30H35NO5/c1-20-14-21(2)16-24(15-20)28(31-12-10-23(11-13-31)30(32)33)25-17-26(34-3)29(27(18-25)35-4)36-19-22-8-6-5-7-9-22/h5-9,14-18,23,28H,10-13,19H2,1-4H3,(H,32,33). The zero-order valence-electron chi connectivity index (χ0n) is 21.5. The number of methoxy groups -OCH3 is 2. The van der Waals surface area contributed by atoms with Crippen molar-refractivity contribution in [2.45, 2.75) is 39.3 Å². The molecule has 0 amide bonds. The predicted molar refractivity (Wildman–Crippen MR) is 140 cm³/mol. The maximum Gasteiger partial charge on any atom is 0.306 e. The fraction of sp³-hybridized carbons (Fsp3) is 0.367. The lowest BCUT2D eigenvalue weighted by atomic mass is 9.90. The molecule has 1 aliphatic rings. The summed E-state index contributed by atoms with van der Waals surface area (Å²) in [6.45, 7) is 6.00. The molecule has 36 heavy (non-hydrogen) atoms. The number of ether oxygens (including phenoxy) is 3. The number of rotatable bonds is 9. The number of piperidine rings is 1. The largest absolute Gasteiger partial charge is 0.493 e. The number of likely N-dealkylation sites (tertiary alicyclic amines) is 1. The molecule has 0 aromatic heterocycles. The minimum Gasteiger partial charge on any atom is -0.493 e. The zero-order valence-corrected chi connectivity index (χ0v) is 21.5. The molecule has 190 valence electrons. The first kappa shape index (κ1) is 25.6. The molecule has 6 heteroatoms. The van der Waals surface area contributed by atoms with E-state index in [0.717, 1.165) is 11.1 Å². The number of aliphatic carboxylic acids is 1. The summed E-state index contributed by atoms with van der Waals surface area (Å²) in [5.41, 5.74) is 5.63. The summed E-state index contributed by atoms with van der Waals surface area (Å²) in [6.07, 6.45) is 1.26. The van der Waals surface area contributed by atoms with E-state index >= 15 is 0 Å². The van der Waals surface area contributed by atoms with Crippen LogP contribution in [-0.2, 0) is 11.4 Å². The van der Waals surface area contributed by atoms with E-state index in [9.17, 15) is 9.90 Å². The SMILES string of the molecule is COc1cc(C(c2cc(C)cc(C)c2)N2CCC(C(=O)O)CC2)cc(OC)c1OCc1ccccc1. The fourth-order valence-corrected chi connectivity index (χ4v) is 5.12. The highest BCUT2D eigenvalue weighted by molar-refractivity contribution is 5.70. The molecule has 0 bridgehead atoms. The Morgan fingerprint density at radius 1 is 0.917 bits per heavy atom. The van der Waals surface area contributed by atoms with Crippen LogP contribution < -0.4 is 14.2 Å². The molecule has 1 saturated heterocycles. The topological polar surface area (TPSA) is 68.2 Å². The molecule has 3 aromatic carbocycles. The van der Waals surface area contributed by atoms with Crippen LogP contribution in [0.4, 0.5) is 0 Å². The average molecular weight is 490 g/mol. The van der Waals surface area contributed by atoms with E-state index in [1.165, 1.54) is 16.7 Å². The zero-order chi connectivity index (χ0) is 25.7. The fourth-order valence-electron chi connectivity index (χ4n) is 5.12. The highest BCUT2D eigenvalue weighted by Crippen LogP contribution is 2.43. The van der Waals surface area contributed by atoms with Crippen molar-refractivity contribution in [3.8, 4) is 17.2 Å². The number of carboxylic acids is 1. The summed E-state index contributed by atoms with van der Waals surface area (Å²) in [6, 6.07) is 20.5. The van der Waals surface area contributed by atoms with Crippen molar-refractivity contribution >= 4 is 5.97 Å². The summed E-state index contributed by atoms with van der Waals surface area (Å²) >= 11 is 0. The number of aryl methyl sites for hydroxylation is 2. The van der Waals surface area contributed by atoms with Gasteiger partial charge in [-0.15, -0.1) is 0 Å². The molecule has 1 heterocycles. The van der Waals surface area contributed by atoms with Gasteiger partial charge in [-0.05, 0) is 68.6 Å². The minimum absolute atomic E-state index is 0.0654. The van der Waals surface area contributed by atoms with Gasteiger partial charge in [-0.25, -0.2) is 0 Å². The van der Waals surface area contributed by atoms with Crippen LogP contribution in [0.2, 0.25) is 0 Å². The van der Waals surface area contributed by atoms with E-state index in [4.69, 9.17) is 14.2 Å². The Bertz CT molecular complexity index is 1140. The molecule has 0 spiro atoms. The highest BCUT2D eigenvalue weighted by atomic mass is 16.5. The van der Waals surface area contributed by atoms with Crippen LogP contribution in [0.3, 0.4) is 0 Å². The van der Waals surface area contributed by atoms with Gasteiger partial charge in [0.2, 0.25) is 5.75 Å². The average Bonchev–Trinajstić information content (AvgIpc) is 2.87. The lowest BCUT2D eigenvalue weighted by molar-refractivity contribution is -0.143. The number of carboxylic acid groups (broad SMARTS) is 1. The van der Waals surface area contributed by atoms with Crippen LogP contribution in [0.25, 0.3) is 0 Å². The Labute approximate surface area is 213 Å². The molecule has 1 aliphatic heterocycles. The van der Waals surface area contributed by atoms with E-state index in [1.54, 1.807) is 14.2 Å². The maximum absolute atomic E-state index is 11.6. The molecule has 3 aromatic rings. The van der Waals surface area contributed by atoms with Crippen molar-refractivity contribution in [3.05, 3.63) is 88.5 Å². The van der Waals surface area contributed by atoms with Gasteiger partial charge >= 0.3 is 5.97 Å². The van der Waals surface area contributed by atoms with Crippen molar-refractivity contribution in [1.82, 2.24) is 4.90 Å². The Morgan fingerprint density at radius 2 is 1.47 bits per heavy atom. The van der Waals surface area contributed by atoms with Gasteiger partial charge in [-0.2, -0.15) is 0 Å². The van der Waals surface area contributed by atoms with E-state index in [2.05, 4.69) is 36.9 Å². The first-order chi connectivity index (χ1) is 17.4. The highest BCUT2D eigenvalue weighted by Gasteiger charge is 2.31. The van der Waals surface area contributed by atoms with Crippen LogP contribution in [0.1, 0.15) is 46.7 Å². The summed E-state index contributed by atoms with van der Waals surface area (Å²) < 4.78 is 17.7. The lowest BCUT2D eigenvalue weighted by Crippen LogP contribution is -2.39. The summed E-state index contributed by atoms with van der Waals surface area (Å²) in [5.74, 6) is 0.779. The van der Waals surface area contributed by atoms with Crippen LogP contribution in [0.5, 0.6) is 17.2 Å². The number of hydrogen-bond donors (Lipinski definition) is 1. The molecule has 1 N–H and O–H groups in total. The normalized spacial score (nSPS) is 15.3. The van der Waals surface area contributed by atoms with Gasteiger partial charge in [0.1, 0.15) is 6.61 Å². The Balaban J connectivity index is 1.73. The van der Waals surface area contributed by atoms with Crippen LogP contribution in [0, 0.1) is 19.8 Å². The third-order valence-electron chi connectivity index (χ3n) is 6.83. The first-order valence-electron chi connectivity index (χ1n) is 12.4. The molecular formula is C30H35NO5. The lowest BCUT2D eigenvalue weighted by Gasteiger charge is -2.37. The third kappa shape index (κ3) is 5.82. The number of nitrogens with zero attached hydrogens (tertiary/aromatic N) is 1. The number of benzene rings is 3. The van der Waals surface area contributed by atoms with Crippen LogP contribution in [-0.4, -0.2) is 43.3 Å². The number of carbonyl (C=O) groups is 1. The molecule has 6 nitrogen and oxygen atoms in total. The van der Waals surface area contributed by atoms with E-state index in [0.29, 0.717) is 49.8 Å². The molecule has 4 rings (SSSR count). The Hall–Kier alpha value is -3.51. The Morgan fingerprint density at radius 3 is 2.00 bits per heavy atom. The van der Waals surface area contributed by atoms with E-state index in [1.807, 2.05) is 42.5 Å². The second-order valence-corrected chi connectivity index (χ2v) is 9.50. The van der Waals surface area contributed by atoms with Crippen LogP contribution >= 0.6 is 0 Å². The van der Waals surface area contributed by atoms with Gasteiger partial charge in [-0.1, -0.05) is 59.7 Å². The van der Waals surface area contributed by atoms with Gasteiger partial charge in [-0.3, -0.25) is 9.69 Å². The van der Waals surface area contributed by atoms with Gasteiger partial charge in [0.15, 0.2) is 11.5 Å². The van der Waals surface area contributed by atoms with Gasteiger partial charge in [0.25, 0.3) is 0 Å². The van der Waals surface area contributed by atoms with Crippen molar-refractivity contribution < 1.29 is 24.1 Å². The Kier molecular flexibility index (Phi) is 8.16. The summed E-state index contributed by atoms with van der Waals surface area (Å²) in [4.78, 5) is 13.9. The van der Waals surface area contributed by atoms with Gasteiger partial charge < -0.3 is 19.3 Å². The molecular weight excluding hydrogens is 454 g/mol. The van der Waals surface area contributed by atoms with Crippen molar-refractivity contribution in [3.63, 3.8) is 0 Å². The quantitative estimate of drug-likeness (QED) is 0.411. The van der Waals surface area contributed by atoms with Gasteiger partial charge in [0, 0.05) is 0 Å². The van der Waals surface area contributed by atoms with E-state index < -0.39 is 5.97 Å². The van der Waals surface area contributed by atoms with Crippen LogP contribution in [0.15, 0.2) is 60.7 Å². The monoisotopic (exact) mass is 489 g/mol. The maximum atomic E-state index is 11.6. The molecule has 0 saturated carbocycles. The van der Waals surface area contributed by atoms with E-state index in [-0.39, 0.29) is 12.0 Å². The molecule has 1 fully saturated rings. The number of hydrogen-bond acceptors (Lipinski definition) is 5. The molecule has 1 unspecified atom stereocenters. The second kappa shape index (κ2) is 11.5. The predicted octanol–water partition coefficient (Wildman–Crippen LogP) is 5.79. The van der Waals surface area contributed by atoms with Gasteiger partial charge in [0.05, 0.1) is 26.2 Å². The smallest absolute Gasteiger partial charge is 0.306 e. The third-order valence-corrected chi connectivity index (χ3v) is 6.83. The minimum atomic E-state index is -0.708.